The molecule has 3 N–H and O–H groups in total. The second-order valence-electron chi connectivity index (χ2n) is 6.42. The fourth-order valence-corrected chi connectivity index (χ4v) is 3.27. The molecular formula is C18H25N3O6. The molecule has 0 bridgehead atoms. The number of hydrogen-bond donors (Lipinski definition) is 2. The molecule has 0 aromatic carbocycles. The van der Waals surface area contributed by atoms with Gasteiger partial charge in [0, 0.05) is 12.2 Å². The third kappa shape index (κ3) is 4.47. The summed E-state index contributed by atoms with van der Waals surface area (Å²) < 4.78 is 10.1. The first kappa shape index (κ1) is 20.5. The van der Waals surface area contributed by atoms with E-state index in [4.69, 9.17) is 15.2 Å². The lowest BCUT2D eigenvalue weighted by atomic mass is 10.0. The van der Waals surface area contributed by atoms with Gasteiger partial charge in [0.1, 0.15) is 11.7 Å². The minimum Gasteiger partial charge on any atom is -0.462 e. The zero-order chi connectivity index (χ0) is 20.1. The smallest absolute Gasteiger partial charge is 0.355 e. The van der Waals surface area contributed by atoms with Crippen LogP contribution >= 0.6 is 0 Å². The first-order valence-corrected chi connectivity index (χ1v) is 8.90. The van der Waals surface area contributed by atoms with Crippen molar-refractivity contribution >= 4 is 23.8 Å². The van der Waals surface area contributed by atoms with Crippen LogP contribution in [0.4, 0.5) is 0 Å². The number of nitrogens with zero attached hydrogens (tertiary/aromatic N) is 1. The highest BCUT2D eigenvalue weighted by molar-refractivity contribution is 5.99. The van der Waals surface area contributed by atoms with E-state index in [1.807, 2.05) is 0 Å². The number of carbonyl (C=O) groups is 4. The molecule has 0 saturated carbocycles. The summed E-state index contributed by atoms with van der Waals surface area (Å²) in [6.45, 7) is 5.05. The Labute approximate surface area is 157 Å². The molecule has 1 aliphatic heterocycles. The highest BCUT2D eigenvalue weighted by atomic mass is 16.5. The van der Waals surface area contributed by atoms with Crippen molar-refractivity contribution in [3.8, 4) is 0 Å². The molecule has 0 aliphatic carbocycles. The molecule has 1 aromatic rings. The van der Waals surface area contributed by atoms with Crippen molar-refractivity contribution in [1.29, 1.82) is 0 Å². The fraction of sp³-hybridized carbons (Fsp3) is 0.556. The molecule has 27 heavy (non-hydrogen) atoms. The molecule has 2 heterocycles. The Morgan fingerprint density at radius 2 is 1.85 bits per heavy atom. The van der Waals surface area contributed by atoms with Gasteiger partial charge in [-0.05, 0) is 45.6 Å². The predicted octanol–water partition coefficient (Wildman–Crippen LogP) is 0.831. The highest BCUT2D eigenvalue weighted by Crippen LogP contribution is 2.20. The summed E-state index contributed by atoms with van der Waals surface area (Å²) in [5.74, 6) is -2.33. The average Bonchev–Trinajstić information content (AvgIpc) is 2.94. The maximum absolute atomic E-state index is 12.4. The summed E-state index contributed by atoms with van der Waals surface area (Å²) >= 11 is 0. The number of aromatic amines is 1. The molecular weight excluding hydrogens is 354 g/mol. The first-order valence-electron chi connectivity index (χ1n) is 8.90. The van der Waals surface area contributed by atoms with Crippen LogP contribution < -0.4 is 5.73 Å². The van der Waals surface area contributed by atoms with E-state index in [0.29, 0.717) is 24.2 Å². The molecule has 9 heteroatoms. The number of nitrogens with one attached hydrogen (secondary N) is 1. The molecule has 148 valence electrons. The van der Waals surface area contributed by atoms with E-state index in [2.05, 4.69) is 4.98 Å². The lowest BCUT2D eigenvalue weighted by molar-refractivity contribution is -0.143. The van der Waals surface area contributed by atoms with Crippen LogP contribution in [0.1, 0.15) is 58.3 Å². The predicted molar refractivity (Wildman–Crippen MR) is 95.1 cm³/mol. The maximum Gasteiger partial charge on any atom is 0.355 e. The van der Waals surface area contributed by atoms with Gasteiger partial charge in [0.25, 0.3) is 5.91 Å². The second-order valence-corrected chi connectivity index (χ2v) is 6.42. The molecule has 1 atom stereocenters. The zero-order valence-corrected chi connectivity index (χ0v) is 15.8. The Bertz CT molecular complexity index is 755. The van der Waals surface area contributed by atoms with Crippen LogP contribution in [0.5, 0.6) is 0 Å². The van der Waals surface area contributed by atoms with Gasteiger partial charge in [-0.3, -0.25) is 9.59 Å². The SMILES string of the molecule is CCOC(=O)c1c(C)[nH]c(C(=O)OCC(=O)N2CCCC[C@H]2C(N)=O)c1C. The van der Waals surface area contributed by atoms with Gasteiger partial charge in [-0.1, -0.05) is 0 Å². The average molecular weight is 379 g/mol. The number of esters is 2. The summed E-state index contributed by atoms with van der Waals surface area (Å²) in [4.78, 5) is 52.4. The van der Waals surface area contributed by atoms with E-state index < -0.39 is 36.4 Å². The van der Waals surface area contributed by atoms with Crippen LogP contribution in [0.3, 0.4) is 0 Å². The zero-order valence-electron chi connectivity index (χ0n) is 15.8. The van der Waals surface area contributed by atoms with Crippen molar-refractivity contribution in [1.82, 2.24) is 9.88 Å². The number of likely N-dealkylation sites (tertiary alicyclic amines) is 1. The van der Waals surface area contributed by atoms with E-state index in [1.54, 1.807) is 20.8 Å². The lowest BCUT2D eigenvalue weighted by Gasteiger charge is -2.33. The van der Waals surface area contributed by atoms with Crippen molar-refractivity contribution in [3.05, 3.63) is 22.5 Å². The first-order chi connectivity index (χ1) is 12.8. The third-order valence-corrected chi connectivity index (χ3v) is 4.60. The summed E-state index contributed by atoms with van der Waals surface area (Å²) in [7, 11) is 0. The second kappa shape index (κ2) is 8.70. The van der Waals surface area contributed by atoms with Gasteiger partial charge >= 0.3 is 11.9 Å². The van der Waals surface area contributed by atoms with Gasteiger partial charge in [0.15, 0.2) is 6.61 Å². The Morgan fingerprint density at radius 1 is 1.15 bits per heavy atom. The topological polar surface area (TPSA) is 132 Å². The van der Waals surface area contributed by atoms with Crippen LogP contribution in [0.15, 0.2) is 0 Å². The van der Waals surface area contributed by atoms with Gasteiger partial charge in [0.2, 0.25) is 5.91 Å². The molecule has 0 radical (unpaired) electrons. The molecule has 1 aromatic heterocycles. The van der Waals surface area contributed by atoms with E-state index in [-0.39, 0.29) is 17.9 Å². The van der Waals surface area contributed by atoms with Crippen LogP contribution in [0, 0.1) is 13.8 Å². The van der Waals surface area contributed by atoms with E-state index >= 15 is 0 Å². The number of nitrogens with two attached hydrogens (primary N) is 1. The molecule has 0 spiro atoms. The molecule has 9 nitrogen and oxygen atoms in total. The van der Waals surface area contributed by atoms with Crippen molar-refractivity contribution in [2.45, 2.75) is 46.1 Å². The van der Waals surface area contributed by atoms with Gasteiger partial charge < -0.3 is 25.1 Å². The van der Waals surface area contributed by atoms with Crippen molar-refractivity contribution in [3.63, 3.8) is 0 Å². The number of hydrogen-bond acceptors (Lipinski definition) is 6. The number of rotatable bonds is 6. The molecule has 2 amide bonds. The van der Waals surface area contributed by atoms with E-state index in [9.17, 15) is 19.2 Å². The van der Waals surface area contributed by atoms with Crippen molar-refractivity contribution in [2.75, 3.05) is 19.8 Å². The number of primary amides is 1. The summed E-state index contributed by atoms with van der Waals surface area (Å²) in [5.41, 5.74) is 6.59. The number of aromatic nitrogens is 1. The number of aryl methyl sites for hydroxylation is 1. The Kier molecular flexibility index (Phi) is 6.59. The maximum atomic E-state index is 12.4. The molecule has 1 fully saturated rings. The van der Waals surface area contributed by atoms with Crippen LogP contribution in [-0.4, -0.2) is 59.4 Å². The van der Waals surface area contributed by atoms with Crippen LogP contribution in [-0.2, 0) is 19.1 Å². The van der Waals surface area contributed by atoms with Crippen LogP contribution in [0.25, 0.3) is 0 Å². The van der Waals surface area contributed by atoms with Gasteiger partial charge in [0.05, 0.1) is 12.2 Å². The van der Waals surface area contributed by atoms with Crippen molar-refractivity contribution in [2.24, 2.45) is 5.73 Å². The minimum absolute atomic E-state index is 0.0912. The quantitative estimate of drug-likeness (QED) is 0.704. The van der Waals surface area contributed by atoms with Gasteiger partial charge in [-0.25, -0.2) is 9.59 Å². The Morgan fingerprint density at radius 3 is 2.48 bits per heavy atom. The number of carbonyl (C=O) groups excluding carboxylic acids is 4. The van der Waals surface area contributed by atoms with E-state index in [0.717, 1.165) is 12.8 Å². The summed E-state index contributed by atoms with van der Waals surface area (Å²) in [6.07, 6.45) is 2.09. The van der Waals surface area contributed by atoms with Gasteiger partial charge in [-0.2, -0.15) is 0 Å². The number of H-pyrrole nitrogens is 1. The molecule has 1 saturated heterocycles. The van der Waals surface area contributed by atoms with Gasteiger partial charge in [-0.15, -0.1) is 0 Å². The molecule has 1 aliphatic rings. The number of piperidine rings is 1. The highest BCUT2D eigenvalue weighted by Gasteiger charge is 2.31. The fourth-order valence-electron chi connectivity index (χ4n) is 3.27. The number of amides is 2. The third-order valence-electron chi connectivity index (χ3n) is 4.60. The lowest BCUT2D eigenvalue weighted by Crippen LogP contribution is -2.51. The van der Waals surface area contributed by atoms with Crippen LogP contribution in [0.2, 0.25) is 0 Å². The normalized spacial score (nSPS) is 16.7. The summed E-state index contributed by atoms with van der Waals surface area (Å²) in [6, 6.07) is -0.671. The standard InChI is InChI=1S/C18H25N3O6/c1-4-26-17(24)14-10(2)15(20-11(14)3)18(25)27-9-13(22)21-8-6-5-7-12(21)16(19)23/h12,20H,4-9H2,1-3H3,(H2,19,23)/t12-/m0/s1. The monoisotopic (exact) mass is 379 g/mol. The largest absolute Gasteiger partial charge is 0.462 e. The van der Waals surface area contributed by atoms with E-state index in [1.165, 1.54) is 4.90 Å². The molecule has 2 rings (SSSR count). The Hall–Kier alpha value is -2.84. The molecule has 0 unspecified atom stereocenters. The van der Waals surface area contributed by atoms with Crippen molar-refractivity contribution < 1.29 is 28.7 Å². The minimum atomic E-state index is -0.757. The number of ether oxygens (including phenoxy) is 2. The summed E-state index contributed by atoms with van der Waals surface area (Å²) in [5, 5.41) is 0. The Balaban J connectivity index is 2.05.